The molecule has 1 heterocycles. The number of H-pyrrole nitrogens is 1. The van der Waals surface area contributed by atoms with E-state index in [0.29, 0.717) is 17.0 Å². The third kappa shape index (κ3) is 4.08. The van der Waals surface area contributed by atoms with Crippen LogP contribution in [0, 0.1) is 0 Å². The van der Waals surface area contributed by atoms with Crippen molar-refractivity contribution in [2.45, 2.75) is 49.1 Å². The smallest absolute Gasteiger partial charge is 0.233 e. The van der Waals surface area contributed by atoms with Crippen molar-refractivity contribution < 1.29 is 9.53 Å². The first-order valence-electron chi connectivity index (χ1n) is 8.19. The monoisotopic (exact) mass is 346 g/mol. The molecular weight excluding hydrogens is 324 g/mol. The lowest BCUT2D eigenvalue weighted by Gasteiger charge is -2.15. The molecule has 0 bridgehead atoms. The second-order valence-electron chi connectivity index (χ2n) is 5.95. The fourth-order valence-corrected chi connectivity index (χ4v) is 3.51. The Morgan fingerprint density at radius 1 is 1.33 bits per heavy atom. The topological polar surface area (TPSA) is 79.9 Å². The Kier molecular flexibility index (Phi) is 5.40. The van der Waals surface area contributed by atoms with E-state index in [1.54, 1.807) is 7.11 Å². The number of nitrogens with zero attached hydrogens (tertiary/aromatic N) is 2. The largest absolute Gasteiger partial charge is 0.497 e. The number of methoxy groups -OCH3 is 1. The first-order chi connectivity index (χ1) is 11.7. The Hall–Kier alpha value is -2.02. The maximum Gasteiger partial charge on any atom is 0.233 e. The van der Waals surface area contributed by atoms with E-state index in [-0.39, 0.29) is 11.2 Å². The van der Waals surface area contributed by atoms with Crippen LogP contribution in [0.1, 0.15) is 32.6 Å². The molecule has 128 valence electrons. The van der Waals surface area contributed by atoms with Crippen LogP contribution in [-0.4, -0.2) is 39.5 Å². The van der Waals surface area contributed by atoms with E-state index < -0.39 is 0 Å². The first-order valence-corrected chi connectivity index (χ1v) is 9.07. The van der Waals surface area contributed by atoms with E-state index in [2.05, 4.69) is 20.5 Å². The Bertz CT molecular complexity index is 680. The molecule has 2 aromatic rings. The molecule has 1 aromatic carbocycles. The third-order valence-electron chi connectivity index (χ3n) is 4.18. The molecule has 1 aliphatic carbocycles. The zero-order chi connectivity index (χ0) is 16.9. The van der Waals surface area contributed by atoms with Crippen LogP contribution < -0.4 is 10.1 Å². The SMILES string of the molecule is COc1ccc(-c2nc(S[C@@H](C)C(=O)NC3CCCC3)n[nH]2)cc1. The molecule has 3 rings (SSSR count). The molecule has 6 nitrogen and oxygen atoms in total. The number of hydrogen-bond acceptors (Lipinski definition) is 5. The summed E-state index contributed by atoms with van der Waals surface area (Å²) in [5, 5.41) is 10.6. The Morgan fingerprint density at radius 3 is 2.71 bits per heavy atom. The molecule has 2 N–H and O–H groups in total. The third-order valence-corrected chi connectivity index (χ3v) is 5.14. The highest BCUT2D eigenvalue weighted by Gasteiger charge is 2.22. The van der Waals surface area contributed by atoms with Gasteiger partial charge in [-0.15, -0.1) is 5.10 Å². The Balaban J connectivity index is 1.59. The molecule has 1 fully saturated rings. The highest BCUT2D eigenvalue weighted by Crippen LogP contribution is 2.25. The number of thioether (sulfide) groups is 1. The number of benzene rings is 1. The summed E-state index contributed by atoms with van der Waals surface area (Å²) >= 11 is 1.37. The molecule has 0 spiro atoms. The van der Waals surface area contributed by atoms with Crippen molar-refractivity contribution in [3.05, 3.63) is 24.3 Å². The number of aromatic amines is 1. The van der Waals surface area contributed by atoms with Crippen LogP contribution in [0.3, 0.4) is 0 Å². The van der Waals surface area contributed by atoms with Crippen LogP contribution in [0.5, 0.6) is 5.75 Å². The van der Waals surface area contributed by atoms with Gasteiger partial charge in [0, 0.05) is 11.6 Å². The number of ether oxygens (including phenoxy) is 1. The molecule has 1 amide bonds. The summed E-state index contributed by atoms with van der Waals surface area (Å²) in [6, 6.07) is 7.93. The normalized spacial score (nSPS) is 16.1. The lowest BCUT2D eigenvalue weighted by atomic mass is 10.2. The summed E-state index contributed by atoms with van der Waals surface area (Å²) in [6.45, 7) is 1.89. The van der Waals surface area contributed by atoms with Gasteiger partial charge >= 0.3 is 0 Å². The second-order valence-corrected chi connectivity index (χ2v) is 7.25. The minimum absolute atomic E-state index is 0.0581. The molecule has 1 saturated carbocycles. The van der Waals surface area contributed by atoms with Crippen molar-refractivity contribution in [1.82, 2.24) is 20.5 Å². The van der Waals surface area contributed by atoms with E-state index >= 15 is 0 Å². The number of hydrogen-bond donors (Lipinski definition) is 2. The van der Waals surface area contributed by atoms with Crippen LogP contribution in [0.4, 0.5) is 0 Å². The summed E-state index contributed by atoms with van der Waals surface area (Å²) in [4.78, 5) is 16.7. The lowest BCUT2D eigenvalue weighted by Crippen LogP contribution is -2.37. The predicted octanol–water partition coefficient (Wildman–Crippen LogP) is 3.02. The average molecular weight is 346 g/mol. The minimum atomic E-state index is -0.217. The summed E-state index contributed by atoms with van der Waals surface area (Å²) in [6.07, 6.45) is 4.59. The van der Waals surface area contributed by atoms with Gasteiger partial charge in [0.05, 0.1) is 12.4 Å². The lowest BCUT2D eigenvalue weighted by molar-refractivity contribution is -0.120. The van der Waals surface area contributed by atoms with Crippen LogP contribution in [-0.2, 0) is 4.79 Å². The van der Waals surface area contributed by atoms with Gasteiger partial charge in [-0.3, -0.25) is 9.89 Å². The zero-order valence-electron chi connectivity index (χ0n) is 13.9. The fourth-order valence-electron chi connectivity index (χ4n) is 2.78. The Labute approximate surface area is 145 Å². The highest BCUT2D eigenvalue weighted by atomic mass is 32.2. The van der Waals surface area contributed by atoms with Crippen molar-refractivity contribution >= 4 is 17.7 Å². The van der Waals surface area contributed by atoms with Gasteiger partial charge < -0.3 is 10.1 Å². The van der Waals surface area contributed by atoms with Crippen molar-refractivity contribution in [2.75, 3.05) is 7.11 Å². The van der Waals surface area contributed by atoms with Gasteiger partial charge in [0.1, 0.15) is 5.75 Å². The van der Waals surface area contributed by atoms with Gasteiger partial charge in [-0.1, -0.05) is 24.6 Å². The van der Waals surface area contributed by atoms with Crippen LogP contribution in [0.25, 0.3) is 11.4 Å². The molecule has 7 heteroatoms. The number of amides is 1. The van der Waals surface area contributed by atoms with Gasteiger partial charge in [0.15, 0.2) is 5.82 Å². The van der Waals surface area contributed by atoms with Gasteiger partial charge in [-0.25, -0.2) is 4.98 Å². The van der Waals surface area contributed by atoms with Crippen molar-refractivity contribution in [1.29, 1.82) is 0 Å². The molecule has 24 heavy (non-hydrogen) atoms. The molecule has 0 aliphatic heterocycles. The van der Waals surface area contributed by atoms with Gasteiger partial charge in [0.25, 0.3) is 0 Å². The molecule has 0 saturated heterocycles. The second kappa shape index (κ2) is 7.70. The summed E-state index contributed by atoms with van der Waals surface area (Å²) in [7, 11) is 1.64. The zero-order valence-corrected chi connectivity index (χ0v) is 14.7. The van der Waals surface area contributed by atoms with E-state index in [1.807, 2.05) is 31.2 Å². The Morgan fingerprint density at radius 2 is 2.04 bits per heavy atom. The van der Waals surface area contributed by atoms with Gasteiger partial charge in [-0.05, 0) is 44.0 Å². The molecule has 1 atom stereocenters. The van der Waals surface area contributed by atoms with Crippen LogP contribution >= 0.6 is 11.8 Å². The van der Waals surface area contributed by atoms with Crippen molar-refractivity contribution in [2.24, 2.45) is 0 Å². The van der Waals surface area contributed by atoms with E-state index in [0.717, 1.165) is 24.2 Å². The molecule has 0 unspecified atom stereocenters. The quantitative estimate of drug-likeness (QED) is 0.786. The summed E-state index contributed by atoms with van der Waals surface area (Å²) < 4.78 is 5.15. The summed E-state index contributed by atoms with van der Waals surface area (Å²) in [5.41, 5.74) is 0.929. The first kappa shape index (κ1) is 16.8. The van der Waals surface area contributed by atoms with E-state index in [9.17, 15) is 4.79 Å². The number of nitrogens with one attached hydrogen (secondary N) is 2. The van der Waals surface area contributed by atoms with E-state index in [1.165, 1.54) is 24.6 Å². The van der Waals surface area contributed by atoms with Crippen molar-refractivity contribution in [3.8, 4) is 17.1 Å². The van der Waals surface area contributed by atoms with Gasteiger partial charge in [-0.2, -0.15) is 0 Å². The number of aromatic nitrogens is 3. The number of rotatable bonds is 6. The van der Waals surface area contributed by atoms with Crippen LogP contribution in [0.15, 0.2) is 29.4 Å². The van der Waals surface area contributed by atoms with E-state index in [4.69, 9.17) is 4.74 Å². The maximum absolute atomic E-state index is 12.2. The fraction of sp³-hybridized carbons (Fsp3) is 0.471. The van der Waals surface area contributed by atoms with Crippen molar-refractivity contribution in [3.63, 3.8) is 0 Å². The molecule has 1 aromatic heterocycles. The minimum Gasteiger partial charge on any atom is -0.497 e. The highest BCUT2D eigenvalue weighted by molar-refractivity contribution is 8.00. The van der Waals surface area contributed by atoms with Crippen LogP contribution in [0.2, 0.25) is 0 Å². The molecule has 1 aliphatic rings. The standard InChI is InChI=1S/C17H22N4O2S/c1-11(16(22)18-13-5-3-4-6-13)24-17-19-15(20-21-17)12-7-9-14(23-2)10-8-12/h7-11,13H,3-6H2,1-2H3,(H,18,22)(H,19,20,21)/t11-/m0/s1. The number of carbonyl (C=O) groups is 1. The average Bonchev–Trinajstić information content (AvgIpc) is 3.27. The molecule has 0 radical (unpaired) electrons. The maximum atomic E-state index is 12.2. The van der Waals surface area contributed by atoms with Gasteiger partial charge in [0.2, 0.25) is 11.1 Å². The predicted molar refractivity (Wildman–Crippen MR) is 94.1 cm³/mol. The number of carbonyl (C=O) groups excluding carboxylic acids is 1. The summed E-state index contributed by atoms with van der Waals surface area (Å²) in [5.74, 6) is 1.54. The molecular formula is C17H22N4O2S.